The van der Waals surface area contributed by atoms with Crippen molar-refractivity contribution >= 4 is 45.6 Å². The monoisotopic (exact) mass is 302 g/mol. The SMILES string of the molecule is O=P(O)(O)OC[C@H]1O[C@H](O)[C@H](O)[C@@H](O)[C@@H]1O.[CaH2]. The van der Waals surface area contributed by atoms with Gasteiger partial charge in [0.25, 0.3) is 0 Å². The maximum absolute atomic E-state index is 10.4. The zero-order valence-electron chi connectivity index (χ0n) is 7.95. The van der Waals surface area contributed by atoms with Gasteiger partial charge >= 0.3 is 45.6 Å². The van der Waals surface area contributed by atoms with E-state index in [1.807, 2.05) is 0 Å². The molecule has 1 saturated heterocycles. The zero-order valence-corrected chi connectivity index (χ0v) is 8.84. The van der Waals surface area contributed by atoms with Gasteiger partial charge in [0.2, 0.25) is 0 Å². The third-order valence-corrected chi connectivity index (χ3v) is 2.58. The van der Waals surface area contributed by atoms with E-state index in [2.05, 4.69) is 9.26 Å². The van der Waals surface area contributed by atoms with Crippen molar-refractivity contribution in [3.63, 3.8) is 0 Å². The Labute approximate surface area is 126 Å². The van der Waals surface area contributed by atoms with Crippen molar-refractivity contribution in [2.75, 3.05) is 6.61 Å². The first-order chi connectivity index (χ1) is 7.22. The molecule has 0 saturated carbocycles. The van der Waals surface area contributed by atoms with E-state index in [-0.39, 0.29) is 37.7 Å². The molecule has 0 aromatic heterocycles. The maximum atomic E-state index is 10.4. The summed E-state index contributed by atoms with van der Waals surface area (Å²) >= 11 is 0. The summed E-state index contributed by atoms with van der Waals surface area (Å²) in [5.74, 6) is 0. The second kappa shape index (κ2) is 7.09. The Balaban J connectivity index is 0.00000256. The molecule has 9 nitrogen and oxygen atoms in total. The minimum atomic E-state index is -4.73. The Morgan fingerprint density at radius 2 is 1.59 bits per heavy atom. The molecule has 5 atom stereocenters. The molecule has 17 heavy (non-hydrogen) atoms. The van der Waals surface area contributed by atoms with Gasteiger partial charge in [0, 0.05) is 0 Å². The summed E-state index contributed by atoms with van der Waals surface area (Å²) in [5.41, 5.74) is 0. The first-order valence-electron chi connectivity index (χ1n) is 4.30. The van der Waals surface area contributed by atoms with Crippen LogP contribution in [0, 0.1) is 0 Å². The van der Waals surface area contributed by atoms with Crippen LogP contribution in [0.5, 0.6) is 0 Å². The first kappa shape index (κ1) is 18.2. The van der Waals surface area contributed by atoms with Gasteiger partial charge < -0.3 is 34.9 Å². The number of ether oxygens (including phenoxy) is 1. The summed E-state index contributed by atoms with van der Waals surface area (Å²) in [6, 6.07) is 0. The molecule has 0 radical (unpaired) electrons. The third-order valence-electron chi connectivity index (χ3n) is 2.09. The second-order valence-electron chi connectivity index (χ2n) is 3.32. The number of rotatable bonds is 3. The average molecular weight is 302 g/mol. The number of aliphatic hydroxyl groups excluding tert-OH is 4. The van der Waals surface area contributed by atoms with Crippen LogP contribution in [0.25, 0.3) is 0 Å². The molecule has 1 aliphatic heterocycles. The molecule has 1 fully saturated rings. The van der Waals surface area contributed by atoms with Crippen molar-refractivity contribution in [1.29, 1.82) is 0 Å². The molecule has 0 aromatic carbocycles. The Morgan fingerprint density at radius 3 is 2.06 bits per heavy atom. The summed E-state index contributed by atoms with van der Waals surface area (Å²) in [6.45, 7) is -0.730. The van der Waals surface area contributed by atoms with Crippen LogP contribution in [0.4, 0.5) is 0 Å². The fraction of sp³-hybridized carbons (Fsp3) is 1.00. The Morgan fingerprint density at radius 1 is 1.06 bits per heavy atom. The molecule has 1 aliphatic rings. The molecular formula is C6H15CaO9P. The van der Waals surface area contributed by atoms with E-state index >= 15 is 0 Å². The molecule has 0 spiro atoms. The van der Waals surface area contributed by atoms with Crippen LogP contribution in [0.3, 0.4) is 0 Å². The van der Waals surface area contributed by atoms with Gasteiger partial charge in [-0.15, -0.1) is 0 Å². The van der Waals surface area contributed by atoms with E-state index in [1.54, 1.807) is 0 Å². The molecule has 0 bridgehead atoms. The van der Waals surface area contributed by atoms with Crippen LogP contribution in [0.15, 0.2) is 0 Å². The zero-order chi connectivity index (χ0) is 12.5. The van der Waals surface area contributed by atoms with Crippen LogP contribution >= 0.6 is 7.82 Å². The summed E-state index contributed by atoms with van der Waals surface area (Å²) < 4.78 is 19.0. The van der Waals surface area contributed by atoms with Crippen LogP contribution in [0.1, 0.15) is 0 Å². The van der Waals surface area contributed by atoms with Gasteiger partial charge in [-0.2, -0.15) is 0 Å². The number of phosphoric acid groups is 1. The molecule has 0 unspecified atom stereocenters. The first-order valence-corrected chi connectivity index (χ1v) is 5.83. The van der Waals surface area contributed by atoms with Gasteiger partial charge in [-0.3, -0.25) is 4.52 Å². The molecule has 0 amide bonds. The van der Waals surface area contributed by atoms with Gasteiger partial charge in [-0.05, 0) is 0 Å². The third kappa shape index (κ3) is 5.35. The van der Waals surface area contributed by atoms with Crippen molar-refractivity contribution in [3.8, 4) is 0 Å². The average Bonchev–Trinajstić information content (AvgIpc) is 2.17. The van der Waals surface area contributed by atoms with E-state index in [4.69, 9.17) is 20.0 Å². The van der Waals surface area contributed by atoms with Gasteiger partial charge in [-0.25, -0.2) is 4.57 Å². The van der Waals surface area contributed by atoms with E-state index < -0.39 is 45.1 Å². The van der Waals surface area contributed by atoms with Crippen molar-refractivity contribution in [2.45, 2.75) is 30.7 Å². The van der Waals surface area contributed by atoms with Crippen LogP contribution < -0.4 is 0 Å². The fourth-order valence-corrected chi connectivity index (χ4v) is 1.58. The van der Waals surface area contributed by atoms with E-state index in [1.165, 1.54) is 0 Å². The molecule has 11 heteroatoms. The number of hydrogen-bond donors (Lipinski definition) is 6. The number of aliphatic hydroxyl groups is 4. The fourth-order valence-electron chi connectivity index (χ4n) is 1.24. The summed E-state index contributed by atoms with van der Waals surface area (Å²) in [7, 11) is -4.73. The molecular weight excluding hydrogens is 287 g/mol. The molecule has 1 rings (SSSR count). The Hall–Kier alpha value is 1.17. The molecule has 100 valence electrons. The normalized spacial score (nSPS) is 38.6. The van der Waals surface area contributed by atoms with Crippen molar-refractivity contribution in [2.24, 2.45) is 0 Å². The summed E-state index contributed by atoms with van der Waals surface area (Å²) in [4.78, 5) is 16.8. The summed E-state index contributed by atoms with van der Waals surface area (Å²) in [5, 5.41) is 36.7. The molecule has 0 aliphatic carbocycles. The van der Waals surface area contributed by atoms with Gasteiger partial charge in [0.15, 0.2) is 6.29 Å². The van der Waals surface area contributed by atoms with Gasteiger partial charge in [0.05, 0.1) is 6.61 Å². The predicted molar refractivity (Wildman–Crippen MR) is 55.4 cm³/mol. The van der Waals surface area contributed by atoms with Crippen molar-refractivity contribution < 1.29 is 44.0 Å². The van der Waals surface area contributed by atoms with Crippen molar-refractivity contribution in [3.05, 3.63) is 0 Å². The minimum absolute atomic E-state index is 0. The number of phosphoric ester groups is 1. The quantitative estimate of drug-likeness (QED) is 0.226. The molecule has 6 N–H and O–H groups in total. The van der Waals surface area contributed by atoms with Crippen molar-refractivity contribution in [1.82, 2.24) is 0 Å². The Kier molecular flexibility index (Phi) is 7.57. The van der Waals surface area contributed by atoms with Gasteiger partial charge in [0.1, 0.15) is 24.4 Å². The van der Waals surface area contributed by atoms with E-state index in [0.29, 0.717) is 0 Å². The second-order valence-corrected chi connectivity index (χ2v) is 4.56. The van der Waals surface area contributed by atoms with Gasteiger partial charge in [-0.1, -0.05) is 0 Å². The van der Waals surface area contributed by atoms with Crippen LogP contribution in [-0.4, -0.2) is 105 Å². The van der Waals surface area contributed by atoms with E-state index in [0.717, 1.165) is 0 Å². The topological polar surface area (TPSA) is 157 Å². The molecule has 0 aromatic rings. The predicted octanol–water partition coefficient (Wildman–Crippen LogP) is -4.02. The Bertz CT molecular complexity index is 283. The van der Waals surface area contributed by atoms with E-state index in [9.17, 15) is 14.8 Å². The number of hydrogen-bond acceptors (Lipinski definition) is 7. The van der Waals surface area contributed by atoms with Crippen LogP contribution in [-0.2, 0) is 13.8 Å². The summed E-state index contributed by atoms with van der Waals surface area (Å²) in [6.07, 6.45) is -8.11. The van der Waals surface area contributed by atoms with Crippen LogP contribution in [0.2, 0.25) is 0 Å². The standard InChI is InChI=1S/C6H13O9P.Ca.2H/c7-3-2(1-14-16(11,12)13)15-6(10)5(9)4(3)8;;;/h2-10H,1H2,(H2,11,12,13);;;/t2-,3-,4+,5-,6+;;;/m1.../s1. The molecule has 1 heterocycles.